The van der Waals surface area contributed by atoms with Crippen LogP contribution >= 0.6 is 0 Å². The molecule has 1 saturated heterocycles. The van der Waals surface area contributed by atoms with E-state index in [4.69, 9.17) is 10.3 Å². The third kappa shape index (κ3) is 3.10. The molecule has 0 spiro atoms. The summed E-state index contributed by atoms with van der Waals surface area (Å²) in [6.45, 7) is 4.54. The Morgan fingerprint density at radius 1 is 1.63 bits per heavy atom. The summed E-state index contributed by atoms with van der Waals surface area (Å²) in [5, 5.41) is 13.3. The molecule has 1 aromatic heterocycles. The number of aliphatic hydroxyl groups is 1. The molecule has 0 bridgehead atoms. The third-order valence-corrected chi connectivity index (χ3v) is 3.87. The molecular weight excluding hydrogens is 248 g/mol. The molecule has 0 aromatic carbocycles. The number of nitrogens with two attached hydrogens (primary N) is 1. The minimum absolute atomic E-state index is 0.0332. The second kappa shape index (κ2) is 5.66. The van der Waals surface area contributed by atoms with Gasteiger partial charge in [0, 0.05) is 18.6 Å². The van der Waals surface area contributed by atoms with E-state index in [0.717, 1.165) is 32.4 Å². The Labute approximate surface area is 111 Å². The van der Waals surface area contributed by atoms with Gasteiger partial charge in [-0.25, -0.2) is 0 Å². The lowest BCUT2D eigenvalue weighted by molar-refractivity contribution is 0.0245. The fourth-order valence-corrected chi connectivity index (χ4v) is 2.59. The first-order valence-corrected chi connectivity index (χ1v) is 6.54. The summed E-state index contributed by atoms with van der Waals surface area (Å²) < 4.78 is 4.76. The van der Waals surface area contributed by atoms with Crippen LogP contribution in [0.4, 0.5) is 0 Å². The summed E-state index contributed by atoms with van der Waals surface area (Å²) in [5.74, 6) is -0.412. The van der Waals surface area contributed by atoms with Gasteiger partial charge in [0.15, 0.2) is 5.82 Å². The number of carbonyl (C=O) groups excluding carboxylic acids is 1. The molecule has 1 unspecified atom stereocenters. The Kier molecular flexibility index (Phi) is 4.16. The van der Waals surface area contributed by atoms with E-state index >= 15 is 0 Å². The second-order valence-electron chi connectivity index (χ2n) is 5.21. The molecule has 19 heavy (non-hydrogen) atoms. The summed E-state index contributed by atoms with van der Waals surface area (Å²) >= 11 is 0. The van der Waals surface area contributed by atoms with Gasteiger partial charge in [-0.15, -0.1) is 0 Å². The lowest BCUT2D eigenvalue weighted by atomic mass is 9.78. The second-order valence-corrected chi connectivity index (χ2v) is 5.21. The van der Waals surface area contributed by atoms with Crippen molar-refractivity contribution in [1.82, 2.24) is 15.0 Å². The van der Waals surface area contributed by atoms with Crippen molar-refractivity contribution < 1.29 is 14.4 Å². The van der Waals surface area contributed by atoms with Crippen molar-refractivity contribution in [3.05, 3.63) is 11.7 Å². The van der Waals surface area contributed by atoms with Gasteiger partial charge in [0.1, 0.15) is 0 Å². The van der Waals surface area contributed by atoms with Crippen molar-refractivity contribution in [2.75, 3.05) is 19.7 Å². The number of primary amides is 1. The van der Waals surface area contributed by atoms with Crippen LogP contribution in [0.5, 0.6) is 0 Å². The molecule has 7 nitrogen and oxygen atoms in total. The smallest absolute Gasteiger partial charge is 0.315 e. The number of aromatic nitrogens is 2. The van der Waals surface area contributed by atoms with Gasteiger partial charge in [0.2, 0.25) is 0 Å². The van der Waals surface area contributed by atoms with E-state index < -0.39 is 5.91 Å². The van der Waals surface area contributed by atoms with Gasteiger partial charge in [-0.05, 0) is 25.8 Å². The van der Waals surface area contributed by atoms with Crippen LogP contribution in [0.1, 0.15) is 42.7 Å². The highest BCUT2D eigenvalue weighted by atomic mass is 16.5. The maximum absolute atomic E-state index is 10.9. The quantitative estimate of drug-likeness (QED) is 0.787. The lowest BCUT2D eigenvalue weighted by Gasteiger charge is -2.40. The van der Waals surface area contributed by atoms with Crippen LogP contribution < -0.4 is 5.73 Å². The number of hydrogen-bond acceptors (Lipinski definition) is 6. The molecule has 3 N–H and O–H groups in total. The van der Waals surface area contributed by atoms with E-state index in [1.54, 1.807) is 0 Å². The molecule has 1 atom stereocenters. The molecule has 1 aliphatic heterocycles. The average molecular weight is 268 g/mol. The van der Waals surface area contributed by atoms with Crippen LogP contribution in [0.3, 0.4) is 0 Å². The van der Waals surface area contributed by atoms with Crippen molar-refractivity contribution >= 4 is 5.91 Å². The van der Waals surface area contributed by atoms with Gasteiger partial charge in [-0.3, -0.25) is 9.69 Å². The van der Waals surface area contributed by atoms with E-state index in [2.05, 4.69) is 22.0 Å². The maximum Gasteiger partial charge on any atom is 0.315 e. The minimum Gasteiger partial charge on any atom is -0.396 e. The number of hydrogen-bond donors (Lipinski definition) is 2. The highest BCUT2D eigenvalue weighted by Gasteiger charge is 2.33. The van der Waals surface area contributed by atoms with Crippen LogP contribution in [0.15, 0.2) is 4.52 Å². The van der Waals surface area contributed by atoms with Crippen molar-refractivity contribution in [3.8, 4) is 0 Å². The number of rotatable bonds is 5. The van der Waals surface area contributed by atoms with Crippen molar-refractivity contribution in [2.45, 2.75) is 32.7 Å². The van der Waals surface area contributed by atoms with Crippen LogP contribution in [0, 0.1) is 5.41 Å². The summed E-state index contributed by atoms with van der Waals surface area (Å²) in [7, 11) is 0. The molecule has 1 fully saturated rings. The first-order chi connectivity index (χ1) is 9.08. The van der Waals surface area contributed by atoms with Crippen LogP contribution in [-0.2, 0) is 6.54 Å². The van der Waals surface area contributed by atoms with E-state index in [9.17, 15) is 9.90 Å². The average Bonchev–Trinajstić information content (AvgIpc) is 2.87. The molecular formula is C12H20N4O3. The topological polar surface area (TPSA) is 105 Å². The predicted molar refractivity (Wildman–Crippen MR) is 67.1 cm³/mol. The monoisotopic (exact) mass is 268 g/mol. The third-order valence-electron chi connectivity index (χ3n) is 3.87. The van der Waals surface area contributed by atoms with E-state index in [1.165, 1.54) is 0 Å². The zero-order chi connectivity index (χ0) is 13.9. The molecule has 2 rings (SSSR count). The molecule has 0 aliphatic carbocycles. The molecule has 1 amide bonds. The van der Waals surface area contributed by atoms with Gasteiger partial charge in [-0.2, -0.15) is 4.98 Å². The van der Waals surface area contributed by atoms with Gasteiger partial charge in [0.25, 0.3) is 0 Å². The van der Waals surface area contributed by atoms with Crippen molar-refractivity contribution in [2.24, 2.45) is 11.1 Å². The first kappa shape index (κ1) is 14.0. The molecule has 106 valence electrons. The lowest BCUT2D eigenvalue weighted by Crippen LogP contribution is -2.44. The standard InChI is InChI=1S/C12H20N4O3/c1-2-12(8-17)4-3-5-16(7-12)6-9-14-11(10(13)18)19-15-9/h17H,2-8H2,1H3,(H2,13,18). The Hall–Kier alpha value is -1.47. The SMILES string of the molecule is CCC1(CO)CCCN(Cc2noc(C(N)=O)n2)C1. The maximum atomic E-state index is 10.9. The van der Waals surface area contributed by atoms with Gasteiger partial charge in [0.05, 0.1) is 6.54 Å². The molecule has 1 aromatic rings. The number of amides is 1. The molecule has 1 aliphatic rings. The zero-order valence-electron chi connectivity index (χ0n) is 11.1. The van der Waals surface area contributed by atoms with Crippen LogP contribution in [-0.4, -0.2) is 45.8 Å². The number of likely N-dealkylation sites (tertiary alicyclic amines) is 1. The highest BCUT2D eigenvalue weighted by molar-refractivity contribution is 5.87. The number of aliphatic hydroxyl groups excluding tert-OH is 1. The van der Waals surface area contributed by atoms with E-state index in [1.807, 2.05) is 0 Å². The highest BCUT2D eigenvalue weighted by Crippen LogP contribution is 2.33. The van der Waals surface area contributed by atoms with Gasteiger partial charge >= 0.3 is 11.8 Å². The van der Waals surface area contributed by atoms with Crippen molar-refractivity contribution in [3.63, 3.8) is 0 Å². The number of carbonyl (C=O) groups is 1. The summed E-state index contributed by atoms with van der Waals surface area (Å²) in [4.78, 5) is 17.0. The molecule has 7 heteroatoms. The Morgan fingerprint density at radius 3 is 3.00 bits per heavy atom. The van der Waals surface area contributed by atoms with Gasteiger partial charge in [-0.1, -0.05) is 12.1 Å². The zero-order valence-corrected chi connectivity index (χ0v) is 11.1. The largest absolute Gasteiger partial charge is 0.396 e. The molecule has 0 saturated carbocycles. The Morgan fingerprint density at radius 2 is 2.42 bits per heavy atom. The van der Waals surface area contributed by atoms with E-state index in [-0.39, 0.29) is 17.9 Å². The fourth-order valence-electron chi connectivity index (χ4n) is 2.59. The summed E-state index contributed by atoms with van der Waals surface area (Å²) in [5.41, 5.74) is 5.03. The molecule has 2 heterocycles. The first-order valence-electron chi connectivity index (χ1n) is 6.54. The Bertz CT molecular complexity index is 442. The summed E-state index contributed by atoms with van der Waals surface area (Å²) in [6.07, 6.45) is 3.02. The molecule has 0 radical (unpaired) electrons. The van der Waals surface area contributed by atoms with Crippen LogP contribution in [0.2, 0.25) is 0 Å². The number of nitrogens with zero attached hydrogens (tertiary/aromatic N) is 3. The number of piperidine rings is 1. The van der Waals surface area contributed by atoms with Crippen molar-refractivity contribution in [1.29, 1.82) is 0 Å². The normalized spacial score (nSPS) is 24.5. The van der Waals surface area contributed by atoms with Gasteiger partial charge < -0.3 is 15.4 Å². The Balaban J connectivity index is 2.00. The van der Waals surface area contributed by atoms with Crippen LogP contribution in [0.25, 0.3) is 0 Å². The minimum atomic E-state index is -0.712. The summed E-state index contributed by atoms with van der Waals surface area (Å²) in [6, 6.07) is 0. The predicted octanol–water partition coefficient (Wildman–Crippen LogP) is 0.153. The van der Waals surface area contributed by atoms with E-state index in [0.29, 0.717) is 12.4 Å². The fraction of sp³-hybridized carbons (Fsp3) is 0.750.